The number of ether oxygens (including phenoxy) is 1. The van der Waals surface area contributed by atoms with E-state index in [0.717, 1.165) is 24.6 Å². The summed E-state index contributed by atoms with van der Waals surface area (Å²) in [6, 6.07) is 6.37. The first-order valence-electron chi connectivity index (χ1n) is 10.0. The fourth-order valence-electron chi connectivity index (χ4n) is 3.89. The minimum absolute atomic E-state index is 0.125. The van der Waals surface area contributed by atoms with Crippen molar-refractivity contribution in [3.05, 3.63) is 41.0 Å². The van der Waals surface area contributed by atoms with Crippen LogP contribution in [0.1, 0.15) is 0 Å². The fourth-order valence-corrected chi connectivity index (χ4v) is 5.34. The maximum Gasteiger partial charge on any atom is 0.417 e. The molecule has 0 saturated carbocycles. The topological polar surface area (TPSA) is 125 Å². The Morgan fingerprint density at radius 2 is 1.74 bits per heavy atom. The first kappa shape index (κ1) is 20.0. The Morgan fingerprint density at radius 1 is 0.968 bits per heavy atom. The number of nitrogens with zero attached hydrogens (tertiary/aromatic N) is 5. The molecule has 11 nitrogen and oxygen atoms in total. The monoisotopic (exact) mass is 446 g/mol. The minimum atomic E-state index is -3.69. The molecule has 2 aliphatic rings. The normalized spacial score (nSPS) is 18.6. The van der Waals surface area contributed by atoms with E-state index in [4.69, 9.17) is 9.15 Å². The molecule has 1 N–H and O–H groups in total. The molecule has 0 spiro atoms. The number of morpholine rings is 1. The third-order valence-corrected chi connectivity index (χ3v) is 7.49. The van der Waals surface area contributed by atoms with Crippen molar-refractivity contribution >= 4 is 32.6 Å². The molecule has 0 atom stereocenters. The van der Waals surface area contributed by atoms with E-state index in [1.165, 1.54) is 22.5 Å². The van der Waals surface area contributed by atoms with Crippen LogP contribution in [0.5, 0.6) is 0 Å². The van der Waals surface area contributed by atoms with Gasteiger partial charge in [0.1, 0.15) is 0 Å². The molecule has 31 heavy (non-hydrogen) atoms. The molecular formula is C19H22N6O5S. The third-order valence-electron chi connectivity index (χ3n) is 5.59. The van der Waals surface area contributed by atoms with E-state index in [-0.39, 0.29) is 4.90 Å². The van der Waals surface area contributed by atoms with Crippen LogP contribution >= 0.6 is 0 Å². The van der Waals surface area contributed by atoms with Crippen molar-refractivity contribution in [3.8, 4) is 0 Å². The van der Waals surface area contributed by atoms with Gasteiger partial charge in [0.15, 0.2) is 11.4 Å². The number of sulfonamides is 1. The predicted molar refractivity (Wildman–Crippen MR) is 113 cm³/mol. The van der Waals surface area contributed by atoms with Gasteiger partial charge in [0.2, 0.25) is 10.0 Å². The van der Waals surface area contributed by atoms with Gasteiger partial charge in [-0.25, -0.2) is 13.2 Å². The van der Waals surface area contributed by atoms with E-state index in [0.29, 0.717) is 50.5 Å². The number of benzene rings is 1. The molecule has 0 aliphatic carbocycles. The molecular weight excluding hydrogens is 424 g/mol. The van der Waals surface area contributed by atoms with Gasteiger partial charge < -0.3 is 19.0 Å². The van der Waals surface area contributed by atoms with Gasteiger partial charge in [-0.3, -0.25) is 4.98 Å². The molecule has 0 radical (unpaired) electrons. The Balaban J connectivity index is 1.30. The molecule has 164 valence electrons. The predicted octanol–water partition coefficient (Wildman–Crippen LogP) is 0.259. The smallest absolute Gasteiger partial charge is 0.408 e. The van der Waals surface area contributed by atoms with Crippen molar-refractivity contribution in [2.45, 2.75) is 4.90 Å². The van der Waals surface area contributed by atoms with Crippen molar-refractivity contribution in [3.63, 3.8) is 0 Å². The Hall–Kier alpha value is -2.96. The molecule has 2 fully saturated rings. The van der Waals surface area contributed by atoms with Crippen molar-refractivity contribution in [1.82, 2.24) is 19.5 Å². The third kappa shape index (κ3) is 3.89. The number of aromatic amines is 1. The van der Waals surface area contributed by atoms with Crippen LogP contribution in [0.15, 0.2) is 44.6 Å². The van der Waals surface area contributed by atoms with Gasteiger partial charge in [-0.05, 0) is 18.2 Å². The van der Waals surface area contributed by atoms with E-state index < -0.39 is 15.8 Å². The summed E-state index contributed by atoms with van der Waals surface area (Å²) in [6.45, 7) is 4.65. The second-order valence-corrected chi connectivity index (χ2v) is 9.37. The zero-order valence-corrected chi connectivity index (χ0v) is 17.5. The van der Waals surface area contributed by atoms with E-state index in [1.54, 1.807) is 6.20 Å². The Morgan fingerprint density at radius 3 is 2.52 bits per heavy atom. The summed E-state index contributed by atoms with van der Waals surface area (Å²) in [6.07, 6.45) is 1.74. The largest absolute Gasteiger partial charge is 0.417 e. The summed E-state index contributed by atoms with van der Waals surface area (Å²) in [5.74, 6) is 0.122. The molecule has 0 bridgehead atoms. The fraction of sp³-hybridized carbons (Fsp3) is 0.421. The van der Waals surface area contributed by atoms with Crippen molar-refractivity contribution in [2.75, 3.05) is 62.3 Å². The van der Waals surface area contributed by atoms with Gasteiger partial charge in [-0.1, -0.05) is 0 Å². The van der Waals surface area contributed by atoms with Gasteiger partial charge in [0.05, 0.1) is 35.5 Å². The maximum absolute atomic E-state index is 13.1. The van der Waals surface area contributed by atoms with Crippen LogP contribution in [0.2, 0.25) is 0 Å². The second-order valence-electron chi connectivity index (χ2n) is 7.44. The highest BCUT2D eigenvalue weighted by Gasteiger charge is 2.29. The molecule has 0 unspecified atom stereocenters. The summed E-state index contributed by atoms with van der Waals surface area (Å²) < 4.78 is 38.0. The molecule has 1 aromatic carbocycles. The Kier molecular flexibility index (Phi) is 5.12. The van der Waals surface area contributed by atoms with Crippen LogP contribution < -0.4 is 15.6 Å². The number of rotatable bonds is 4. The average Bonchev–Trinajstić information content (AvgIpc) is 3.19. The van der Waals surface area contributed by atoms with Gasteiger partial charge in [0, 0.05) is 45.3 Å². The number of hydrogen-bond donors (Lipinski definition) is 1. The average molecular weight is 446 g/mol. The van der Waals surface area contributed by atoms with Gasteiger partial charge in [-0.2, -0.15) is 9.40 Å². The van der Waals surface area contributed by atoms with E-state index in [2.05, 4.69) is 20.1 Å². The molecule has 3 aromatic rings. The molecule has 12 heteroatoms. The zero-order valence-electron chi connectivity index (χ0n) is 16.7. The number of H-pyrrole nitrogens is 1. The molecule has 4 heterocycles. The summed E-state index contributed by atoms with van der Waals surface area (Å²) in [5.41, 5.74) is 1.68. The number of nitrogens with one attached hydrogen (secondary N) is 1. The van der Waals surface area contributed by atoms with Gasteiger partial charge in [-0.15, -0.1) is 5.10 Å². The van der Waals surface area contributed by atoms with Crippen LogP contribution in [0.25, 0.3) is 11.1 Å². The molecule has 2 saturated heterocycles. The van der Waals surface area contributed by atoms with Crippen LogP contribution in [0.3, 0.4) is 0 Å². The summed E-state index contributed by atoms with van der Waals surface area (Å²) in [4.78, 5) is 18.2. The van der Waals surface area contributed by atoms with Crippen LogP contribution in [0, 0.1) is 0 Å². The van der Waals surface area contributed by atoms with Gasteiger partial charge >= 0.3 is 5.76 Å². The summed E-state index contributed by atoms with van der Waals surface area (Å²) in [5, 5.41) is 8.38. The quantitative estimate of drug-likeness (QED) is 0.601. The lowest BCUT2D eigenvalue weighted by atomic mass is 10.3. The highest BCUT2D eigenvalue weighted by atomic mass is 32.2. The molecule has 2 aliphatic heterocycles. The molecule has 5 rings (SSSR count). The lowest BCUT2D eigenvalue weighted by Gasteiger charge is -2.35. The Labute approximate surface area is 178 Å². The van der Waals surface area contributed by atoms with Gasteiger partial charge in [0.25, 0.3) is 0 Å². The van der Waals surface area contributed by atoms with E-state index >= 15 is 0 Å². The lowest BCUT2D eigenvalue weighted by molar-refractivity contribution is 0.122. The minimum Gasteiger partial charge on any atom is -0.408 e. The van der Waals surface area contributed by atoms with Crippen LogP contribution in [-0.2, 0) is 14.8 Å². The first-order chi connectivity index (χ1) is 15.0. The molecule has 2 aromatic heterocycles. The first-order valence-corrected chi connectivity index (χ1v) is 11.5. The number of fused-ring (bicyclic) bond motifs is 1. The number of aromatic nitrogens is 3. The van der Waals surface area contributed by atoms with E-state index in [9.17, 15) is 13.2 Å². The SMILES string of the molecule is O=c1[nH]c2cc(S(=O)(=O)N3CCN(c4cc(N5CCOCC5)cnn4)CC3)ccc2o1. The maximum atomic E-state index is 13.1. The van der Waals surface area contributed by atoms with Crippen molar-refractivity contribution in [1.29, 1.82) is 0 Å². The Bertz CT molecular complexity index is 1240. The summed E-state index contributed by atoms with van der Waals surface area (Å²) in [7, 11) is -3.69. The second kappa shape index (κ2) is 7.94. The van der Waals surface area contributed by atoms with E-state index in [1.807, 2.05) is 11.0 Å². The number of hydrogen-bond acceptors (Lipinski definition) is 9. The number of anilines is 2. The highest BCUT2D eigenvalue weighted by Crippen LogP contribution is 2.24. The molecule has 0 amide bonds. The zero-order chi connectivity index (χ0) is 21.4. The number of piperazine rings is 1. The van der Waals surface area contributed by atoms with Crippen LogP contribution in [0.4, 0.5) is 11.5 Å². The van der Waals surface area contributed by atoms with Crippen LogP contribution in [-0.4, -0.2) is 80.4 Å². The standard InChI is InChI=1S/C19H22N6O5S/c26-19-21-16-12-15(1-2-17(16)30-19)31(27,28)25-5-3-24(4-6-25)18-11-14(13-20-22-18)23-7-9-29-10-8-23/h1-2,11-13H,3-10H2,(H,21,26). The highest BCUT2D eigenvalue weighted by molar-refractivity contribution is 7.89. The number of oxazole rings is 1. The lowest BCUT2D eigenvalue weighted by Crippen LogP contribution is -2.49. The van der Waals surface area contributed by atoms with Crippen molar-refractivity contribution < 1.29 is 17.6 Å². The van der Waals surface area contributed by atoms with Crippen molar-refractivity contribution in [2.24, 2.45) is 0 Å². The summed E-state index contributed by atoms with van der Waals surface area (Å²) >= 11 is 0.